The molecule has 0 bridgehead atoms. The van der Waals surface area contributed by atoms with Crippen LogP contribution in [0.15, 0.2) is 29.4 Å². The van der Waals surface area contributed by atoms with Crippen LogP contribution >= 0.6 is 11.3 Å². The van der Waals surface area contributed by atoms with Crippen LogP contribution in [-0.4, -0.2) is 25.2 Å². The molecule has 0 aliphatic rings. The zero-order chi connectivity index (χ0) is 18.1. The highest BCUT2D eigenvalue weighted by Crippen LogP contribution is 2.23. The average Bonchev–Trinajstić information content (AvgIpc) is 3.07. The largest absolute Gasteiger partial charge is 0.305 e. The van der Waals surface area contributed by atoms with Crippen LogP contribution in [0.5, 0.6) is 0 Å². The zero-order valence-corrected chi connectivity index (χ0v) is 14.3. The van der Waals surface area contributed by atoms with E-state index in [-0.39, 0.29) is 17.9 Å². The molecule has 0 saturated heterocycles. The Hall–Kier alpha value is -3.25. The van der Waals surface area contributed by atoms with Crippen molar-refractivity contribution in [3.8, 4) is 12.3 Å². The number of nitrogens with zero attached hydrogens (tertiary/aromatic N) is 5. The van der Waals surface area contributed by atoms with Crippen LogP contribution in [0, 0.1) is 29.4 Å². The Bertz CT molecular complexity index is 1110. The number of terminal acetylenes is 1. The second-order valence-electron chi connectivity index (χ2n) is 5.34. The number of nitro groups is 1. The lowest BCUT2D eigenvalue weighted by Gasteiger charge is -1.99. The summed E-state index contributed by atoms with van der Waals surface area (Å²) in [5.74, 6) is 2.03. The fraction of sp³-hybridized carbons (Fsp3) is 0.188. The smallest absolute Gasteiger partial charge is 0.300 e. The molecule has 126 valence electrons. The second kappa shape index (κ2) is 6.33. The minimum Gasteiger partial charge on any atom is -0.305 e. The third-order valence-corrected chi connectivity index (χ3v) is 4.58. The van der Waals surface area contributed by atoms with E-state index in [9.17, 15) is 14.9 Å². The van der Waals surface area contributed by atoms with Crippen LogP contribution in [0.2, 0.25) is 0 Å². The molecule has 0 radical (unpaired) electrons. The summed E-state index contributed by atoms with van der Waals surface area (Å²) in [4.78, 5) is 27.4. The van der Waals surface area contributed by atoms with Crippen molar-refractivity contribution in [1.29, 1.82) is 0 Å². The minimum atomic E-state index is -0.482. The number of rotatable bonds is 3. The van der Waals surface area contributed by atoms with Gasteiger partial charge in [0, 0.05) is 30.9 Å². The number of benzene rings is 1. The Morgan fingerprint density at radius 2 is 2.28 bits per heavy atom. The molecule has 1 amide bonds. The monoisotopic (exact) mass is 355 g/mol. The van der Waals surface area contributed by atoms with Gasteiger partial charge in [0.05, 0.1) is 21.7 Å². The molecule has 8 nitrogen and oxygen atoms in total. The summed E-state index contributed by atoms with van der Waals surface area (Å²) in [5, 5.41) is 15.1. The van der Waals surface area contributed by atoms with Gasteiger partial charge in [0.2, 0.25) is 0 Å². The molecule has 3 rings (SSSR count). The van der Waals surface area contributed by atoms with Gasteiger partial charge in [-0.1, -0.05) is 17.3 Å². The molecule has 25 heavy (non-hydrogen) atoms. The third kappa shape index (κ3) is 3.07. The summed E-state index contributed by atoms with van der Waals surface area (Å²) in [7, 11) is 1.72. The molecule has 0 saturated carbocycles. The van der Waals surface area contributed by atoms with Gasteiger partial charge in [-0.25, -0.2) is 0 Å². The first-order chi connectivity index (χ1) is 11.9. The first-order valence-electron chi connectivity index (χ1n) is 7.21. The van der Waals surface area contributed by atoms with Gasteiger partial charge in [-0.15, -0.1) is 6.42 Å². The number of amides is 1. The Morgan fingerprint density at radius 3 is 2.88 bits per heavy atom. The lowest BCUT2D eigenvalue weighted by atomic mass is 10.3. The summed E-state index contributed by atoms with van der Waals surface area (Å²) in [5.41, 5.74) is 1.65. The van der Waals surface area contributed by atoms with Crippen LogP contribution in [0.4, 0.5) is 5.69 Å². The number of fused-ring (bicyclic) bond motifs is 1. The fourth-order valence-electron chi connectivity index (χ4n) is 2.46. The summed E-state index contributed by atoms with van der Waals surface area (Å²) in [6.45, 7) is 1.98. The maximum Gasteiger partial charge on any atom is 0.300 e. The van der Waals surface area contributed by atoms with Crippen molar-refractivity contribution in [2.75, 3.05) is 0 Å². The standard InChI is InChI=1S/C16H13N5O3S/c1-4-7-20-12-6-5-11(21(23)24)8-13(12)25-16(20)17-15(22)14-10(2)9-19(3)18-14/h1,5-6,8-9H,7H2,2-3H3. The fourth-order valence-corrected chi connectivity index (χ4v) is 3.52. The van der Waals surface area contributed by atoms with Crippen LogP contribution < -0.4 is 4.80 Å². The van der Waals surface area contributed by atoms with Gasteiger partial charge in [-0.2, -0.15) is 10.1 Å². The van der Waals surface area contributed by atoms with Crippen LogP contribution in [0.25, 0.3) is 10.2 Å². The molecule has 3 aromatic rings. The average molecular weight is 355 g/mol. The van der Waals surface area contributed by atoms with Gasteiger partial charge in [0.1, 0.15) is 0 Å². The van der Waals surface area contributed by atoms with E-state index in [1.54, 1.807) is 35.5 Å². The summed E-state index contributed by atoms with van der Waals surface area (Å²) >= 11 is 1.17. The highest BCUT2D eigenvalue weighted by Gasteiger charge is 2.15. The Kier molecular flexibility index (Phi) is 4.21. The number of carbonyl (C=O) groups excluding carboxylic acids is 1. The van der Waals surface area contributed by atoms with Gasteiger partial charge < -0.3 is 4.57 Å². The quantitative estimate of drug-likeness (QED) is 0.408. The van der Waals surface area contributed by atoms with Gasteiger partial charge in [-0.05, 0) is 13.0 Å². The molecule has 1 aromatic carbocycles. The van der Waals surface area contributed by atoms with E-state index in [4.69, 9.17) is 6.42 Å². The number of hydrogen-bond donors (Lipinski definition) is 0. The molecule has 2 heterocycles. The minimum absolute atomic E-state index is 0.0277. The van der Waals surface area contributed by atoms with Gasteiger partial charge in [0.25, 0.3) is 11.6 Å². The molecule has 0 unspecified atom stereocenters. The van der Waals surface area contributed by atoms with Gasteiger partial charge >= 0.3 is 0 Å². The molecule has 0 spiro atoms. The number of carbonyl (C=O) groups is 1. The van der Waals surface area contributed by atoms with E-state index in [1.807, 2.05) is 0 Å². The summed E-state index contributed by atoms with van der Waals surface area (Å²) < 4.78 is 3.86. The predicted octanol–water partition coefficient (Wildman–Crippen LogP) is 2.03. The Labute approximate surface area is 146 Å². The summed E-state index contributed by atoms with van der Waals surface area (Å²) in [6.07, 6.45) is 7.14. The molecule has 0 aliphatic heterocycles. The normalized spacial score (nSPS) is 11.6. The van der Waals surface area contributed by atoms with E-state index in [0.717, 1.165) is 5.56 Å². The van der Waals surface area contributed by atoms with Crippen molar-refractivity contribution < 1.29 is 9.72 Å². The number of aromatic nitrogens is 3. The molecule has 0 N–H and O–H groups in total. The number of non-ortho nitro benzene ring substituents is 1. The molecule has 0 aliphatic carbocycles. The maximum atomic E-state index is 12.4. The number of thiazole rings is 1. The lowest BCUT2D eigenvalue weighted by Crippen LogP contribution is -2.17. The van der Waals surface area contributed by atoms with Crippen LogP contribution in [0.3, 0.4) is 0 Å². The summed E-state index contributed by atoms with van der Waals surface area (Å²) in [6, 6.07) is 4.45. The molecule has 9 heteroatoms. The van der Waals surface area contributed by atoms with E-state index >= 15 is 0 Å². The second-order valence-corrected chi connectivity index (χ2v) is 6.34. The van der Waals surface area contributed by atoms with Crippen molar-refractivity contribution in [1.82, 2.24) is 14.3 Å². The number of aryl methyl sites for hydroxylation is 2. The molecular weight excluding hydrogens is 342 g/mol. The highest BCUT2D eigenvalue weighted by atomic mass is 32.1. The number of hydrogen-bond acceptors (Lipinski definition) is 5. The third-order valence-electron chi connectivity index (χ3n) is 3.54. The van der Waals surface area contributed by atoms with Gasteiger partial charge in [-0.3, -0.25) is 19.6 Å². The Morgan fingerprint density at radius 1 is 1.52 bits per heavy atom. The van der Waals surface area contributed by atoms with E-state index in [0.29, 0.717) is 15.0 Å². The van der Waals surface area contributed by atoms with E-state index in [1.165, 1.54) is 23.5 Å². The predicted molar refractivity (Wildman–Crippen MR) is 93.1 cm³/mol. The molecule has 2 aromatic heterocycles. The molecule has 0 atom stereocenters. The van der Waals surface area contributed by atoms with E-state index in [2.05, 4.69) is 16.0 Å². The zero-order valence-electron chi connectivity index (χ0n) is 13.5. The molecule has 0 fully saturated rings. The van der Waals surface area contributed by atoms with Crippen molar-refractivity contribution >= 4 is 33.1 Å². The maximum absolute atomic E-state index is 12.4. The van der Waals surface area contributed by atoms with Crippen molar-refractivity contribution in [2.24, 2.45) is 12.0 Å². The van der Waals surface area contributed by atoms with Crippen LogP contribution in [0.1, 0.15) is 16.1 Å². The van der Waals surface area contributed by atoms with E-state index < -0.39 is 10.8 Å². The van der Waals surface area contributed by atoms with Gasteiger partial charge in [0.15, 0.2) is 10.5 Å². The van der Waals surface area contributed by atoms with Crippen LogP contribution in [-0.2, 0) is 13.6 Å². The highest BCUT2D eigenvalue weighted by molar-refractivity contribution is 7.16. The lowest BCUT2D eigenvalue weighted by molar-refractivity contribution is -0.384. The topological polar surface area (TPSA) is 95.3 Å². The van der Waals surface area contributed by atoms with Crippen molar-refractivity contribution in [2.45, 2.75) is 13.5 Å². The first kappa shape index (κ1) is 16.6. The Balaban J connectivity index is 2.18. The molecular formula is C16H13N5O3S. The first-order valence-corrected chi connectivity index (χ1v) is 8.03. The number of nitro benzene ring substituents is 1. The SMILES string of the molecule is C#CCn1c(=NC(=O)c2nn(C)cc2C)sc2cc([N+](=O)[O-])ccc21. The van der Waals surface area contributed by atoms with Crippen molar-refractivity contribution in [3.05, 3.63) is 50.6 Å². The van der Waals surface area contributed by atoms with Crippen molar-refractivity contribution in [3.63, 3.8) is 0 Å².